The molecule has 2 aliphatic rings. The summed E-state index contributed by atoms with van der Waals surface area (Å²) in [5, 5.41) is 6.46. The Balaban J connectivity index is 1.51. The molecule has 0 saturated carbocycles. The number of nitrogens with one attached hydrogen (secondary N) is 2. The summed E-state index contributed by atoms with van der Waals surface area (Å²) >= 11 is 0. The van der Waals surface area contributed by atoms with Gasteiger partial charge in [0.05, 0.1) is 32.1 Å². The molecule has 0 bridgehead atoms. The molecule has 31 heavy (non-hydrogen) atoms. The van der Waals surface area contributed by atoms with Crippen molar-refractivity contribution >= 4 is 12.1 Å². The second-order valence-corrected chi connectivity index (χ2v) is 8.99. The number of furan rings is 1. The maximum atomic E-state index is 12.1. The smallest absolute Gasteiger partial charge is 0.407 e. The summed E-state index contributed by atoms with van der Waals surface area (Å²) in [6, 6.07) is 3.93. The van der Waals surface area contributed by atoms with E-state index < -0.39 is 5.60 Å². The lowest BCUT2D eigenvalue weighted by Crippen LogP contribution is -2.45. The van der Waals surface area contributed by atoms with Gasteiger partial charge in [0.2, 0.25) is 0 Å². The van der Waals surface area contributed by atoms with E-state index in [1.807, 2.05) is 32.9 Å². The minimum Gasteiger partial charge on any atom is -0.469 e. The number of carbonyl (C=O) groups is 1. The van der Waals surface area contributed by atoms with Crippen LogP contribution < -0.4 is 10.6 Å². The molecular formula is C22H37N5O4. The van der Waals surface area contributed by atoms with Crippen molar-refractivity contribution in [3.8, 4) is 0 Å². The summed E-state index contributed by atoms with van der Waals surface area (Å²) in [6.07, 6.45) is 2.99. The molecule has 1 aromatic rings. The van der Waals surface area contributed by atoms with Crippen molar-refractivity contribution in [3.63, 3.8) is 0 Å². The van der Waals surface area contributed by atoms with Crippen LogP contribution in [0.4, 0.5) is 4.79 Å². The van der Waals surface area contributed by atoms with Gasteiger partial charge >= 0.3 is 6.09 Å². The molecule has 0 spiro atoms. The molecule has 1 amide bonds. The number of ether oxygens (including phenoxy) is 2. The van der Waals surface area contributed by atoms with Gasteiger partial charge in [-0.1, -0.05) is 0 Å². The van der Waals surface area contributed by atoms with Gasteiger partial charge in [0, 0.05) is 45.7 Å². The Labute approximate surface area is 185 Å². The number of amides is 1. The Morgan fingerprint density at radius 2 is 2.10 bits per heavy atom. The third kappa shape index (κ3) is 8.41. The highest BCUT2D eigenvalue weighted by Crippen LogP contribution is 2.12. The molecule has 1 aromatic heterocycles. The highest BCUT2D eigenvalue weighted by atomic mass is 16.6. The van der Waals surface area contributed by atoms with Gasteiger partial charge in [-0.15, -0.1) is 0 Å². The average molecular weight is 436 g/mol. The number of carbonyl (C=O) groups excluding carboxylic acids is 1. The molecule has 0 radical (unpaired) electrons. The Hall–Kier alpha value is -2.26. The molecule has 2 fully saturated rings. The summed E-state index contributed by atoms with van der Waals surface area (Å²) in [6.45, 7) is 13.1. The van der Waals surface area contributed by atoms with Crippen LogP contribution in [0.25, 0.3) is 0 Å². The topological polar surface area (TPSA) is 91.6 Å². The highest BCUT2D eigenvalue weighted by molar-refractivity contribution is 5.80. The third-order valence-electron chi connectivity index (χ3n) is 5.22. The molecule has 0 aromatic carbocycles. The van der Waals surface area contributed by atoms with Crippen LogP contribution in [0.15, 0.2) is 27.8 Å². The first-order valence-electron chi connectivity index (χ1n) is 11.2. The van der Waals surface area contributed by atoms with Crippen LogP contribution in [-0.2, 0) is 15.9 Å². The van der Waals surface area contributed by atoms with E-state index >= 15 is 0 Å². The fourth-order valence-corrected chi connectivity index (χ4v) is 3.69. The monoisotopic (exact) mass is 435 g/mol. The van der Waals surface area contributed by atoms with Crippen molar-refractivity contribution in [2.24, 2.45) is 4.99 Å². The van der Waals surface area contributed by atoms with Gasteiger partial charge < -0.3 is 29.4 Å². The van der Waals surface area contributed by atoms with Gasteiger partial charge in [0.1, 0.15) is 11.4 Å². The largest absolute Gasteiger partial charge is 0.469 e. The lowest BCUT2D eigenvalue weighted by atomic mass is 10.2. The lowest BCUT2D eigenvalue weighted by molar-refractivity contribution is 0.0394. The van der Waals surface area contributed by atoms with Crippen molar-refractivity contribution in [1.82, 2.24) is 20.4 Å². The molecular weight excluding hydrogens is 398 g/mol. The first-order chi connectivity index (χ1) is 14.9. The number of guanidine groups is 1. The zero-order chi connectivity index (χ0) is 22.1. The van der Waals surface area contributed by atoms with Gasteiger partial charge in [-0.25, -0.2) is 4.79 Å². The summed E-state index contributed by atoms with van der Waals surface area (Å²) in [7, 11) is 0. The maximum Gasteiger partial charge on any atom is 0.407 e. The summed E-state index contributed by atoms with van der Waals surface area (Å²) in [5.74, 6) is 1.83. The molecule has 174 valence electrons. The van der Waals surface area contributed by atoms with Crippen LogP contribution in [0.1, 0.15) is 33.0 Å². The van der Waals surface area contributed by atoms with Crippen LogP contribution in [0.3, 0.4) is 0 Å². The number of aliphatic imine (C=N–C) groups is 1. The third-order valence-corrected chi connectivity index (χ3v) is 5.22. The Morgan fingerprint density at radius 3 is 2.81 bits per heavy atom. The van der Waals surface area contributed by atoms with E-state index in [0.29, 0.717) is 6.54 Å². The van der Waals surface area contributed by atoms with E-state index in [-0.39, 0.29) is 12.1 Å². The van der Waals surface area contributed by atoms with E-state index in [4.69, 9.17) is 18.9 Å². The van der Waals surface area contributed by atoms with E-state index in [1.165, 1.54) is 0 Å². The molecule has 0 aliphatic carbocycles. The van der Waals surface area contributed by atoms with Gasteiger partial charge in [-0.2, -0.15) is 0 Å². The van der Waals surface area contributed by atoms with Gasteiger partial charge in [0.25, 0.3) is 0 Å². The predicted octanol–water partition coefficient (Wildman–Crippen LogP) is 1.70. The lowest BCUT2D eigenvalue weighted by Gasteiger charge is -2.26. The standard InChI is InChI=1S/C22H37N5O4/c1-22(2,3)31-21(28)25-18-7-10-27(17-18)20(23-8-6-19-5-4-14-30-19)24-9-11-26-12-15-29-16-13-26/h4-5,14,18H,6-13,15-17H2,1-3H3,(H,23,24)(H,25,28). The van der Waals surface area contributed by atoms with Crippen molar-refractivity contribution < 1.29 is 18.7 Å². The normalized spacial score (nSPS) is 20.7. The molecule has 1 unspecified atom stereocenters. The van der Waals surface area contributed by atoms with Crippen LogP contribution in [0.5, 0.6) is 0 Å². The molecule has 9 heteroatoms. The first kappa shape index (κ1) is 23.4. The number of alkyl carbamates (subject to hydrolysis) is 1. The summed E-state index contributed by atoms with van der Waals surface area (Å²) in [5.41, 5.74) is -0.498. The second kappa shape index (κ2) is 11.4. The van der Waals surface area contributed by atoms with E-state index in [9.17, 15) is 4.79 Å². The van der Waals surface area contributed by atoms with Crippen molar-refractivity contribution in [2.75, 3.05) is 59.0 Å². The van der Waals surface area contributed by atoms with Crippen molar-refractivity contribution in [2.45, 2.75) is 45.3 Å². The van der Waals surface area contributed by atoms with E-state index in [0.717, 1.165) is 77.0 Å². The Bertz CT molecular complexity index is 695. The molecule has 2 saturated heterocycles. The van der Waals surface area contributed by atoms with E-state index in [1.54, 1.807) is 6.26 Å². The number of hydrogen-bond donors (Lipinski definition) is 2. The van der Waals surface area contributed by atoms with Crippen molar-refractivity contribution in [3.05, 3.63) is 24.2 Å². The Morgan fingerprint density at radius 1 is 1.29 bits per heavy atom. The molecule has 2 aliphatic heterocycles. The van der Waals surface area contributed by atoms with E-state index in [2.05, 4.69) is 20.4 Å². The van der Waals surface area contributed by atoms with Gasteiger partial charge in [-0.3, -0.25) is 9.89 Å². The maximum absolute atomic E-state index is 12.1. The molecule has 9 nitrogen and oxygen atoms in total. The number of rotatable bonds is 7. The molecule has 3 rings (SSSR count). The van der Waals surface area contributed by atoms with Crippen LogP contribution in [0, 0.1) is 0 Å². The molecule has 2 N–H and O–H groups in total. The zero-order valence-electron chi connectivity index (χ0n) is 19.1. The molecule has 1 atom stereocenters. The van der Waals surface area contributed by atoms with Crippen LogP contribution in [-0.4, -0.2) is 92.5 Å². The molecule has 3 heterocycles. The predicted molar refractivity (Wildman–Crippen MR) is 119 cm³/mol. The summed E-state index contributed by atoms with van der Waals surface area (Å²) in [4.78, 5) is 21.6. The number of likely N-dealkylation sites (tertiary alicyclic amines) is 1. The first-order valence-corrected chi connectivity index (χ1v) is 11.2. The average Bonchev–Trinajstić information content (AvgIpc) is 3.38. The van der Waals surface area contributed by atoms with Gasteiger partial charge in [0.15, 0.2) is 5.96 Å². The number of hydrogen-bond acceptors (Lipinski definition) is 6. The van der Waals surface area contributed by atoms with Crippen LogP contribution in [0.2, 0.25) is 0 Å². The minimum absolute atomic E-state index is 0.0474. The van der Waals surface area contributed by atoms with Crippen LogP contribution >= 0.6 is 0 Å². The minimum atomic E-state index is -0.498. The number of morpholine rings is 1. The quantitative estimate of drug-likeness (QED) is 0.498. The zero-order valence-corrected chi connectivity index (χ0v) is 19.1. The summed E-state index contributed by atoms with van der Waals surface area (Å²) < 4.78 is 16.2. The number of nitrogens with zero attached hydrogens (tertiary/aromatic N) is 3. The SMILES string of the molecule is CC(C)(C)OC(=O)NC1CCN(C(=NCCN2CCOCC2)NCCc2ccco2)C1. The fourth-order valence-electron chi connectivity index (χ4n) is 3.69. The highest BCUT2D eigenvalue weighted by Gasteiger charge is 2.28. The van der Waals surface area contributed by atoms with Crippen molar-refractivity contribution in [1.29, 1.82) is 0 Å². The Kier molecular flexibility index (Phi) is 8.60. The fraction of sp³-hybridized carbons (Fsp3) is 0.727. The van der Waals surface area contributed by atoms with Gasteiger partial charge in [-0.05, 0) is 39.3 Å². The second-order valence-electron chi connectivity index (χ2n) is 8.99.